The van der Waals surface area contributed by atoms with E-state index >= 15 is 0 Å². The summed E-state index contributed by atoms with van der Waals surface area (Å²) in [6.07, 6.45) is 0. The normalized spacial score (nSPS) is 12.8. The van der Waals surface area contributed by atoms with E-state index in [2.05, 4.69) is 5.10 Å². The zero-order valence-corrected chi connectivity index (χ0v) is 7.60. The molecule has 0 aliphatic heterocycles. The Hall–Kier alpha value is -1.43. The highest BCUT2D eigenvalue weighted by Crippen LogP contribution is 2.14. The van der Waals surface area contributed by atoms with Crippen molar-refractivity contribution in [2.75, 3.05) is 6.54 Å². The lowest BCUT2D eigenvalue weighted by Crippen LogP contribution is -2.18. The summed E-state index contributed by atoms with van der Waals surface area (Å²) in [5, 5.41) is 14.2. The largest absolute Gasteiger partial charge is 0.390 e. The highest BCUT2D eigenvalue weighted by molar-refractivity contribution is 5.21. The molecule has 0 spiro atoms. The molecule has 2 N–H and O–H groups in total. The Morgan fingerprint density at radius 3 is 2.85 bits per heavy atom. The second-order valence-corrected chi connectivity index (χ2v) is 2.93. The van der Waals surface area contributed by atoms with Crippen LogP contribution in [0.4, 0.5) is 5.82 Å². The molecule has 1 atom stereocenters. The molecule has 1 aromatic heterocycles. The lowest BCUT2D eigenvalue weighted by atomic mass is 10.3. The average Bonchev–Trinajstić information content (AvgIpc) is 2.46. The highest BCUT2D eigenvalue weighted by Gasteiger charge is 2.18. The van der Waals surface area contributed by atoms with Gasteiger partial charge in [0.1, 0.15) is 0 Å². The SMILES string of the molecule is Cc1cc([N+](=O)[O-])nn1C(C)CN. The minimum absolute atomic E-state index is 0.00583. The number of nitrogens with two attached hydrogens (primary N) is 1. The number of aromatic nitrogens is 2. The summed E-state index contributed by atoms with van der Waals surface area (Å²) in [5.41, 5.74) is 6.18. The van der Waals surface area contributed by atoms with Gasteiger partial charge in [0.2, 0.25) is 0 Å². The zero-order valence-electron chi connectivity index (χ0n) is 7.60. The molecule has 0 saturated carbocycles. The second-order valence-electron chi connectivity index (χ2n) is 2.93. The Labute approximate surface area is 75.5 Å². The van der Waals surface area contributed by atoms with Crippen LogP contribution in [0.2, 0.25) is 0 Å². The molecular formula is C7H12N4O2. The Bertz CT molecular complexity index is 320. The molecule has 0 aliphatic rings. The first-order valence-corrected chi connectivity index (χ1v) is 3.97. The number of nitrogens with zero attached hydrogens (tertiary/aromatic N) is 3. The number of rotatable bonds is 3. The minimum atomic E-state index is -0.507. The number of nitro groups is 1. The van der Waals surface area contributed by atoms with Gasteiger partial charge in [-0.15, -0.1) is 0 Å². The predicted octanol–water partition coefficient (Wildman–Crippen LogP) is 0.619. The molecule has 0 bridgehead atoms. The van der Waals surface area contributed by atoms with Gasteiger partial charge in [-0.05, 0) is 18.8 Å². The summed E-state index contributed by atoms with van der Waals surface area (Å²) >= 11 is 0. The van der Waals surface area contributed by atoms with E-state index in [1.165, 1.54) is 6.07 Å². The van der Waals surface area contributed by atoms with Crippen molar-refractivity contribution in [3.05, 3.63) is 21.9 Å². The van der Waals surface area contributed by atoms with E-state index < -0.39 is 4.92 Å². The third kappa shape index (κ3) is 1.83. The topological polar surface area (TPSA) is 87.0 Å². The molecule has 0 amide bonds. The number of aryl methyl sites for hydroxylation is 1. The highest BCUT2D eigenvalue weighted by atomic mass is 16.6. The Kier molecular flexibility index (Phi) is 2.62. The van der Waals surface area contributed by atoms with Gasteiger partial charge < -0.3 is 15.8 Å². The van der Waals surface area contributed by atoms with Crippen molar-refractivity contribution in [1.29, 1.82) is 0 Å². The van der Waals surface area contributed by atoms with Crippen molar-refractivity contribution in [3.8, 4) is 0 Å². The summed E-state index contributed by atoms with van der Waals surface area (Å²) in [4.78, 5) is 9.87. The molecule has 1 aromatic rings. The Morgan fingerprint density at radius 2 is 2.46 bits per heavy atom. The second kappa shape index (κ2) is 3.53. The summed E-state index contributed by atoms with van der Waals surface area (Å²) in [7, 11) is 0. The third-order valence-corrected chi connectivity index (χ3v) is 1.86. The first kappa shape index (κ1) is 9.66. The molecule has 0 aromatic carbocycles. The Morgan fingerprint density at radius 1 is 1.85 bits per heavy atom. The fourth-order valence-corrected chi connectivity index (χ4v) is 1.11. The zero-order chi connectivity index (χ0) is 10.0. The first-order chi connectivity index (χ1) is 6.06. The molecule has 1 heterocycles. The Balaban J connectivity index is 3.02. The fourth-order valence-electron chi connectivity index (χ4n) is 1.11. The van der Waals surface area contributed by atoms with Crippen LogP contribution in [0.1, 0.15) is 18.7 Å². The van der Waals surface area contributed by atoms with Crippen molar-refractivity contribution in [2.24, 2.45) is 5.73 Å². The molecule has 0 saturated heterocycles. The minimum Gasteiger partial charge on any atom is -0.358 e. The van der Waals surface area contributed by atoms with Crippen molar-refractivity contribution in [2.45, 2.75) is 19.9 Å². The van der Waals surface area contributed by atoms with Crippen LogP contribution < -0.4 is 5.73 Å². The first-order valence-electron chi connectivity index (χ1n) is 3.97. The van der Waals surface area contributed by atoms with Crippen LogP contribution in [-0.2, 0) is 0 Å². The molecule has 1 unspecified atom stereocenters. The van der Waals surface area contributed by atoms with Gasteiger partial charge in [-0.2, -0.15) is 4.68 Å². The number of hydrogen-bond acceptors (Lipinski definition) is 4. The standard InChI is InChI=1S/C7H12N4O2/c1-5-3-7(11(12)13)9-10(5)6(2)4-8/h3,6H,4,8H2,1-2H3. The van der Waals surface area contributed by atoms with Crippen molar-refractivity contribution in [3.63, 3.8) is 0 Å². The van der Waals surface area contributed by atoms with Crippen molar-refractivity contribution in [1.82, 2.24) is 9.78 Å². The van der Waals surface area contributed by atoms with Gasteiger partial charge in [-0.3, -0.25) is 0 Å². The van der Waals surface area contributed by atoms with Crippen molar-refractivity contribution >= 4 is 5.82 Å². The molecule has 72 valence electrons. The lowest BCUT2D eigenvalue weighted by Gasteiger charge is -2.05. The van der Waals surface area contributed by atoms with Crippen LogP contribution in [0.25, 0.3) is 0 Å². The quantitative estimate of drug-likeness (QED) is 0.551. The van der Waals surface area contributed by atoms with Gasteiger partial charge >= 0.3 is 5.82 Å². The van der Waals surface area contributed by atoms with E-state index in [1.54, 1.807) is 11.6 Å². The summed E-state index contributed by atoms with van der Waals surface area (Å²) in [6.45, 7) is 4.05. The molecule has 6 heteroatoms. The maximum Gasteiger partial charge on any atom is 0.390 e. The van der Waals surface area contributed by atoms with Crippen molar-refractivity contribution < 1.29 is 4.92 Å². The summed E-state index contributed by atoms with van der Waals surface area (Å²) in [5.74, 6) is -0.127. The van der Waals surface area contributed by atoms with E-state index in [-0.39, 0.29) is 11.9 Å². The van der Waals surface area contributed by atoms with Gasteiger partial charge in [0.15, 0.2) is 0 Å². The van der Waals surface area contributed by atoms with Gasteiger partial charge in [0, 0.05) is 6.54 Å². The molecule has 0 radical (unpaired) electrons. The van der Waals surface area contributed by atoms with E-state index in [0.29, 0.717) is 6.54 Å². The molecular weight excluding hydrogens is 172 g/mol. The van der Waals surface area contributed by atoms with Gasteiger partial charge in [-0.1, -0.05) is 0 Å². The van der Waals surface area contributed by atoms with Crippen LogP contribution in [0.3, 0.4) is 0 Å². The smallest absolute Gasteiger partial charge is 0.358 e. The lowest BCUT2D eigenvalue weighted by molar-refractivity contribution is -0.389. The van der Waals surface area contributed by atoms with Crippen LogP contribution in [-0.4, -0.2) is 21.2 Å². The fraction of sp³-hybridized carbons (Fsp3) is 0.571. The van der Waals surface area contributed by atoms with Crippen LogP contribution >= 0.6 is 0 Å². The molecule has 0 aliphatic carbocycles. The number of hydrogen-bond donors (Lipinski definition) is 1. The van der Waals surface area contributed by atoms with Gasteiger partial charge in [-0.25, -0.2) is 0 Å². The van der Waals surface area contributed by atoms with E-state index in [1.807, 2.05) is 6.92 Å². The summed E-state index contributed by atoms with van der Waals surface area (Å²) in [6, 6.07) is 1.43. The van der Waals surface area contributed by atoms with Gasteiger partial charge in [0.05, 0.1) is 22.9 Å². The summed E-state index contributed by atoms with van der Waals surface area (Å²) < 4.78 is 1.57. The van der Waals surface area contributed by atoms with E-state index in [0.717, 1.165) is 5.69 Å². The van der Waals surface area contributed by atoms with Crippen LogP contribution in [0, 0.1) is 17.0 Å². The molecule has 13 heavy (non-hydrogen) atoms. The monoisotopic (exact) mass is 184 g/mol. The van der Waals surface area contributed by atoms with E-state index in [9.17, 15) is 10.1 Å². The van der Waals surface area contributed by atoms with Gasteiger partial charge in [0.25, 0.3) is 0 Å². The van der Waals surface area contributed by atoms with Crippen LogP contribution in [0.5, 0.6) is 0 Å². The predicted molar refractivity (Wildman–Crippen MR) is 47.4 cm³/mol. The average molecular weight is 184 g/mol. The third-order valence-electron chi connectivity index (χ3n) is 1.86. The maximum atomic E-state index is 10.4. The van der Waals surface area contributed by atoms with Crippen LogP contribution in [0.15, 0.2) is 6.07 Å². The van der Waals surface area contributed by atoms with E-state index in [4.69, 9.17) is 5.73 Å². The molecule has 1 rings (SSSR count). The molecule has 6 nitrogen and oxygen atoms in total. The molecule has 0 fully saturated rings. The maximum absolute atomic E-state index is 10.4.